The summed E-state index contributed by atoms with van der Waals surface area (Å²) < 4.78 is 23.3. The number of carbonyl (C=O) groups is 2. The molecule has 2 heterocycles. The highest BCUT2D eigenvalue weighted by molar-refractivity contribution is 6.11. The Morgan fingerprint density at radius 2 is 1.94 bits per heavy atom. The lowest BCUT2D eigenvalue weighted by atomic mass is 9.67. The topological polar surface area (TPSA) is 66.1 Å². The van der Waals surface area contributed by atoms with Gasteiger partial charge < -0.3 is 13.9 Å². The predicted octanol–water partition coefficient (Wildman–Crippen LogP) is 5.20. The monoisotopic (exact) mass is 473 g/mol. The zero-order valence-electron chi connectivity index (χ0n) is 20.3. The molecule has 1 unspecified atom stereocenters. The van der Waals surface area contributed by atoms with Crippen molar-refractivity contribution in [2.45, 2.75) is 40.3 Å². The van der Waals surface area contributed by atoms with Crippen LogP contribution in [0.5, 0.6) is 0 Å². The Kier molecular flexibility index (Phi) is 5.58. The molecule has 0 radical (unpaired) electrons. The number of ether oxygens (including phenoxy) is 1. The van der Waals surface area contributed by atoms with E-state index in [1.165, 1.54) is 19.2 Å². The molecule has 7 heteroatoms. The first-order valence-corrected chi connectivity index (χ1v) is 11.7. The van der Waals surface area contributed by atoms with E-state index in [1.807, 2.05) is 29.8 Å². The van der Waals surface area contributed by atoms with E-state index in [4.69, 9.17) is 4.74 Å². The summed E-state index contributed by atoms with van der Waals surface area (Å²) in [6.45, 7) is 7.22. The number of ketones is 1. The highest BCUT2D eigenvalue weighted by atomic mass is 19.1. The van der Waals surface area contributed by atoms with Crippen LogP contribution in [0.25, 0.3) is 10.9 Å². The summed E-state index contributed by atoms with van der Waals surface area (Å²) in [5.41, 5.74) is 3.52. The molecule has 1 aliphatic rings. The maximum absolute atomic E-state index is 14.4. The number of hydrogen-bond acceptors (Lipinski definition) is 4. The molecule has 0 amide bonds. The van der Waals surface area contributed by atoms with Gasteiger partial charge in [-0.25, -0.2) is 14.2 Å². The number of hydrogen-bond donors (Lipinski definition) is 0. The van der Waals surface area contributed by atoms with Crippen molar-refractivity contribution in [3.8, 4) is 0 Å². The van der Waals surface area contributed by atoms with E-state index in [9.17, 15) is 14.0 Å². The summed E-state index contributed by atoms with van der Waals surface area (Å²) in [6.07, 6.45) is 4.33. The SMILES string of the molecule is COC(=O)c1ccc(Cn2c3c(c4cc(F)ccc42)C(=O)C(Cn2ccnc2C)C(C)(C)C3)cc1. The fourth-order valence-corrected chi connectivity index (χ4v) is 5.27. The third kappa shape index (κ3) is 3.95. The van der Waals surface area contributed by atoms with Crippen molar-refractivity contribution in [3.63, 3.8) is 0 Å². The van der Waals surface area contributed by atoms with Crippen molar-refractivity contribution in [1.29, 1.82) is 0 Å². The van der Waals surface area contributed by atoms with E-state index in [0.29, 0.717) is 36.0 Å². The van der Waals surface area contributed by atoms with Gasteiger partial charge in [0, 0.05) is 53.6 Å². The quantitative estimate of drug-likeness (QED) is 0.374. The molecular formula is C28H28FN3O3. The second-order valence-electron chi connectivity index (χ2n) is 9.97. The highest BCUT2D eigenvalue weighted by Crippen LogP contribution is 2.44. The highest BCUT2D eigenvalue weighted by Gasteiger charge is 2.44. The Bertz CT molecular complexity index is 1450. The fraction of sp³-hybridized carbons (Fsp3) is 0.321. The third-order valence-electron chi connectivity index (χ3n) is 7.28. The number of aryl methyl sites for hydroxylation is 1. The number of esters is 1. The number of rotatable bonds is 5. The van der Waals surface area contributed by atoms with Gasteiger partial charge in [0.25, 0.3) is 0 Å². The molecule has 35 heavy (non-hydrogen) atoms. The minimum absolute atomic E-state index is 0.0414. The molecule has 0 saturated carbocycles. The van der Waals surface area contributed by atoms with Crippen LogP contribution in [0, 0.1) is 24.1 Å². The Balaban J connectivity index is 1.60. The molecule has 180 valence electrons. The molecule has 2 aromatic carbocycles. The van der Waals surface area contributed by atoms with Gasteiger partial charge in [-0.3, -0.25) is 4.79 Å². The van der Waals surface area contributed by atoms with Gasteiger partial charge in [0.05, 0.1) is 12.7 Å². The number of imidazole rings is 1. The molecule has 0 saturated heterocycles. The van der Waals surface area contributed by atoms with Crippen LogP contribution in [0.1, 0.15) is 51.6 Å². The van der Waals surface area contributed by atoms with Gasteiger partial charge in [0.2, 0.25) is 0 Å². The maximum atomic E-state index is 14.4. The molecule has 5 rings (SSSR count). The van der Waals surface area contributed by atoms with Gasteiger partial charge in [-0.15, -0.1) is 0 Å². The minimum Gasteiger partial charge on any atom is -0.465 e. The van der Waals surface area contributed by atoms with Gasteiger partial charge in [-0.1, -0.05) is 26.0 Å². The number of carbonyl (C=O) groups excluding carboxylic acids is 2. The standard InChI is InChI=1S/C28H28FN3O3/c1-17-30-11-12-31(17)16-22-26(33)25-21-13-20(29)9-10-23(21)32(24(25)14-28(22,2)3)15-18-5-7-19(8-6-18)27(34)35-4/h5-13,22H,14-16H2,1-4H3. The normalized spacial score (nSPS) is 16.9. The van der Waals surface area contributed by atoms with Crippen LogP contribution in [0.4, 0.5) is 4.39 Å². The second-order valence-corrected chi connectivity index (χ2v) is 9.97. The number of fused-ring (bicyclic) bond motifs is 3. The smallest absolute Gasteiger partial charge is 0.337 e. The lowest BCUT2D eigenvalue weighted by molar-refractivity contribution is 0.0600. The summed E-state index contributed by atoms with van der Waals surface area (Å²) in [5, 5.41) is 0.652. The first kappa shape index (κ1) is 23.0. The Hall–Kier alpha value is -3.74. The van der Waals surface area contributed by atoms with Gasteiger partial charge in [0.1, 0.15) is 11.6 Å². The van der Waals surface area contributed by atoms with Crippen molar-refractivity contribution in [2.75, 3.05) is 7.11 Å². The average Bonchev–Trinajstić information content (AvgIpc) is 3.36. The number of benzene rings is 2. The average molecular weight is 474 g/mol. The molecule has 2 aromatic heterocycles. The summed E-state index contributed by atoms with van der Waals surface area (Å²) in [5.74, 6) is -0.102. The molecule has 0 N–H and O–H groups in total. The van der Waals surface area contributed by atoms with Gasteiger partial charge >= 0.3 is 5.97 Å². The van der Waals surface area contributed by atoms with Gasteiger partial charge in [-0.05, 0) is 54.7 Å². The summed E-state index contributed by atoms with van der Waals surface area (Å²) >= 11 is 0. The molecule has 0 bridgehead atoms. The molecule has 0 fully saturated rings. The molecule has 6 nitrogen and oxygen atoms in total. The lowest BCUT2D eigenvalue weighted by Gasteiger charge is -2.38. The van der Waals surface area contributed by atoms with E-state index < -0.39 is 0 Å². The third-order valence-corrected chi connectivity index (χ3v) is 7.28. The molecule has 1 aliphatic carbocycles. The van der Waals surface area contributed by atoms with E-state index in [1.54, 1.807) is 24.4 Å². The largest absolute Gasteiger partial charge is 0.465 e. The van der Waals surface area contributed by atoms with Crippen LogP contribution in [0.2, 0.25) is 0 Å². The summed E-state index contributed by atoms with van der Waals surface area (Å²) in [6, 6.07) is 11.9. The summed E-state index contributed by atoms with van der Waals surface area (Å²) in [7, 11) is 1.35. The minimum atomic E-state index is -0.387. The first-order chi connectivity index (χ1) is 16.7. The van der Waals surface area contributed by atoms with Gasteiger partial charge in [-0.2, -0.15) is 0 Å². The fourth-order valence-electron chi connectivity index (χ4n) is 5.27. The zero-order chi connectivity index (χ0) is 24.9. The van der Waals surface area contributed by atoms with Crippen LogP contribution in [-0.4, -0.2) is 33.0 Å². The maximum Gasteiger partial charge on any atom is 0.337 e. The molecule has 0 spiro atoms. The summed E-state index contributed by atoms with van der Waals surface area (Å²) in [4.78, 5) is 30.1. The number of aromatic nitrogens is 3. The van der Waals surface area contributed by atoms with Gasteiger partial charge in [0.15, 0.2) is 5.78 Å². The van der Waals surface area contributed by atoms with Crippen LogP contribution >= 0.6 is 0 Å². The Morgan fingerprint density at radius 3 is 2.60 bits per heavy atom. The van der Waals surface area contributed by atoms with Crippen LogP contribution < -0.4 is 0 Å². The predicted molar refractivity (Wildman–Crippen MR) is 131 cm³/mol. The van der Waals surface area contributed by atoms with Crippen LogP contribution in [0.3, 0.4) is 0 Å². The van der Waals surface area contributed by atoms with Crippen molar-refractivity contribution < 1.29 is 18.7 Å². The second kappa shape index (κ2) is 8.48. The Morgan fingerprint density at radius 1 is 1.20 bits per heavy atom. The molecule has 4 aromatic rings. The van der Waals surface area contributed by atoms with Crippen molar-refractivity contribution >= 4 is 22.7 Å². The van der Waals surface area contributed by atoms with Crippen molar-refractivity contribution in [1.82, 2.24) is 14.1 Å². The van der Waals surface area contributed by atoms with E-state index >= 15 is 0 Å². The van der Waals surface area contributed by atoms with Crippen LogP contribution in [-0.2, 0) is 24.2 Å². The number of halogens is 1. The first-order valence-electron chi connectivity index (χ1n) is 11.7. The Labute approximate surface area is 203 Å². The van der Waals surface area contributed by atoms with E-state index in [0.717, 1.165) is 22.6 Å². The zero-order valence-corrected chi connectivity index (χ0v) is 20.3. The van der Waals surface area contributed by atoms with Crippen molar-refractivity contribution in [3.05, 3.63) is 88.9 Å². The number of methoxy groups -OCH3 is 1. The molecular weight excluding hydrogens is 445 g/mol. The molecule has 1 atom stereocenters. The van der Waals surface area contributed by atoms with Crippen LogP contribution in [0.15, 0.2) is 54.9 Å². The van der Waals surface area contributed by atoms with E-state index in [-0.39, 0.29) is 28.9 Å². The molecule has 0 aliphatic heterocycles. The lowest BCUT2D eigenvalue weighted by Crippen LogP contribution is -2.41. The van der Waals surface area contributed by atoms with E-state index in [2.05, 4.69) is 23.4 Å². The number of Topliss-reactive ketones (excluding diaryl/α,β-unsaturated/α-hetero) is 1. The number of nitrogens with zero attached hydrogens (tertiary/aromatic N) is 3. The van der Waals surface area contributed by atoms with Crippen molar-refractivity contribution in [2.24, 2.45) is 11.3 Å².